The van der Waals surface area contributed by atoms with Crippen LogP contribution in [-0.2, 0) is 4.79 Å². The van der Waals surface area contributed by atoms with E-state index in [0.717, 1.165) is 12.0 Å². The Morgan fingerprint density at radius 3 is 2.79 bits per heavy atom. The minimum absolute atomic E-state index is 0.0375. The van der Waals surface area contributed by atoms with Gasteiger partial charge in [0.15, 0.2) is 5.78 Å². The van der Waals surface area contributed by atoms with Crippen LogP contribution in [0.1, 0.15) is 33.1 Å². The lowest BCUT2D eigenvalue weighted by Crippen LogP contribution is -2.22. The first-order valence-corrected chi connectivity index (χ1v) is 5.01. The average Bonchev–Trinajstić information content (AvgIpc) is 2.08. The lowest BCUT2D eigenvalue weighted by molar-refractivity contribution is -0.113. The highest BCUT2D eigenvalue weighted by Gasteiger charge is 2.28. The second-order valence-electron chi connectivity index (χ2n) is 4.59. The third kappa shape index (κ3) is 2.55. The lowest BCUT2D eigenvalue weighted by Gasteiger charge is -2.28. The molecule has 0 radical (unpaired) electrons. The molecule has 78 valence electrons. The van der Waals surface area contributed by atoms with Crippen molar-refractivity contribution in [2.75, 3.05) is 6.61 Å². The minimum atomic E-state index is 0.0375. The summed E-state index contributed by atoms with van der Waals surface area (Å²) < 4.78 is 0. The van der Waals surface area contributed by atoms with Gasteiger partial charge in [-0.3, -0.25) is 4.79 Å². The first-order chi connectivity index (χ1) is 6.46. The van der Waals surface area contributed by atoms with Gasteiger partial charge in [0.2, 0.25) is 0 Å². The number of aliphatic hydroxyl groups excluding tert-OH is 1. The summed E-state index contributed by atoms with van der Waals surface area (Å²) in [7, 11) is 0. The van der Waals surface area contributed by atoms with Gasteiger partial charge in [-0.25, -0.2) is 0 Å². The van der Waals surface area contributed by atoms with Crippen LogP contribution in [0.25, 0.3) is 0 Å². The number of aliphatic hydroxyl groups is 1. The molecule has 0 fully saturated rings. The summed E-state index contributed by atoms with van der Waals surface area (Å²) in [6.45, 7) is 8.13. The van der Waals surface area contributed by atoms with E-state index in [4.69, 9.17) is 5.11 Å². The summed E-state index contributed by atoms with van der Waals surface area (Å²) in [6, 6.07) is 0. The van der Waals surface area contributed by atoms with E-state index in [-0.39, 0.29) is 17.8 Å². The maximum Gasteiger partial charge on any atom is 0.184 e. The topological polar surface area (TPSA) is 37.3 Å². The standard InChI is InChI=1S/C12H18O2/c1-9-7-12(2,3)8-10(11(9)14)5-4-6-13/h8,13H,1,4-7H2,2-3H3. The van der Waals surface area contributed by atoms with E-state index in [2.05, 4.69) is 20.4 Å². The Morgan fingerprint density at radius 2 is 2.21 bits per heavy atom. The molecule has 0 atom stereocenters. The predicted molar refractivity (Wildman–Crippen MR) is 56.9 cm³/mol. The number of hydrogen-bond acceptors (Lipinski definition) is 2. The Hall–Kier alpha value is -0.890. The first kappa shape index (κ1) is 11.2. The van der Waals surface area contributed by atoms with Crippen LogP contribution < -0.4 is 0 Å². The van der Waals surface area contributed by atoms with Crippen LogP contribution in [0.5, 0.6) is 0 Å². The molecule has 0 bridgehead atoms. The summed E-state index contributed by atoms with van der Waals surface area (Å²) in [5, 5.41) is 8.72. The van der Waals surface area contributed by atoms with Gasteiger partial charge in [0.1, 0.15) is 0 Å². The molecule has 0 aromatic rings. The SMILES string of the molecule is C=C1CC(C)(C)C=C(CCCO)C1=O. The van der Waals surface area contributed by atoms with E-state index in [1.807, 2.05) is 6.08 Å². The van der Waals surface area contributed by atoms with E-state index < -0.39 is 0 Å². The number of rotatable bonds is 3. The van der Waals surface area contributed by atoms with E-state index >= 15 is 0 Å². The maximum absolute atomic E-state index is 11.7. The number of hydrogen-bond donors (Lipinski definition) is 1. The molecule has 0 amide bonds. The van der Waals surface area contributed by atoms with Crippen LogP contribution in [0, 0.1) is 5.41 Å². The molecule has 14 heavy (non-hydrogen) atoms. The van der Waals surface area contributed by atoms with Crippen LogP contribution >= 0.6 is 0 Å². The van der Waals surface area contributed by atoms with Crippen molar-refractivity contribution in [1.29, 1.82) is 0 Å². The predicted octanol–water partition coefficient (Wildman–Crippen LogP) is 2.24. The number of ketones is 1. The van der Waals surface area contributed by atoms with Crippen LogP contribution in [0.4, 0.5) is 0 Å². The molecule has 2 heteroatoms. The Labute approximate surface area is 85.3 Å². The Balaban J connectivity index is 2.83. The minimum Gasteiger partial charge on any atom is -0.396 e. The fourth-order valence-corrected chi connectivity index (χ4v) is 1.90. The molecule has 1 aliphatic rings. The summed E-state index contributed by atoms with van der Waals surface area (Å²) in [5.41, 5.74) is 1.56. The van der Waals surface area contributed by atoms with Crippen molar-refractivity contribution in [2.24, 2.45) is 5.41 Å². The molecule has 1 rings (SSSR count). The van der Waals surface area contributed by atoms with Gasteiger partial charge in [-0.1, -0.05) is 26.5 Å². The molecule has 0 spiro atoms. The van der Waals surface area contributed by atoms with Crippen molar-refractivity contribution in [3.8, 4) is 0 Å². The van der Waals surface area contributed by atoms with Gasteiger partial charge in [-0.05, 0) is 35.8 Å². The molecule has 0 saturated carbocycles. The van der Waals surface area contributed by atoms with Gasteiger partial charge >= 0.3 is 0 Å². The summed E-state index contributed by atoms with van der Waals surface area (Å²) >= 11 is 0. The van der Waals surface area contributed by atoms with Crippen molar-refractivity contribution in [3.63, 3.8) is 0 Å². The van der Waals surface area contributed by atoms with Gasteiger partial charge in [0, 0.05) is 6.61 Å². The summed E-state index contributed by atoms with van der Waals surface area (Å²) in [5.74, 6) is 0.0813. The molecule has 0 aromatic heterocycles. The number of allylic oxidation sites excluding steroid dienone is 3. The molecular weight excluding hydrogens is 176 g/mol. The fraction of sp³-hybridized carbons (Fsp3) is 0.583. The molecule has 0 heterocycles. The average molecular weight is 194 g/mol. The van der Waals surface area contributed by atoms with E-state index in [1.165, 1.54) is 0 Å². The second-order valence-corrected chi connectivity index (χ2v) is 4.59. The molecule has 2 nitrogen and oxygen atoms in total. The van der Waals surface area contributed by atoms with E-state index in [1.54, 1.807) is 0 Å². The smallest absolute Gasteiger partial charge is 0.184 e. The molecule has 0 aromatic carbocycles. The van der Waals surface area contributed by atoms with Crippen LogP contribution in [0.15, 0.2) is 23.8 Å². The third-order valence-corrected chi connectivity index (χ3v) is 2.45. The summed E-state index contributed by atoms with van der Waals surface area (Å²) in [6.07, 6.45) is 4.09. The Bertz CT molecular complexity index is 285. The zero-order chi connectivity index (χ0) is 10.8. The van der Waals surface area contributed by atoms with E-state index in [0.29, 0.717) is 18.4 Å². The van der Waals surface area contributed by atoms with E-state index in [9.17, 15) is 4.79 Å². The maximum atomic E-state index is 11.7. The molecular formula is C12H18O2. The first-order valence-electron chi connectivity index (χ1n) is 5.01. The van der Waals surface area contributed by atoms with Crippen LogP contribution in [0.2, 0.25) is 0 Å². The normalized spacial score (nSPS) is 20.9. The van der Waals surface area contributed by atoms with Gasteiger partial charge in [-0.15, -0.1) is 0 Å². The highest BCUT2D eigenvalue weighted by atomic mass is 16.2. The van der Waals surface area contributed by atoms with Gasteiger partial charge in [0.25, 0.3) is 0 Å². The largest absolute Gasteiger partial charge is 0.396 e. The van der Waals surface area contributed by atoms with Gasteiger partial charge in [-0.2, -0.15) is 0 Å². The molecule has 0 unspecified atom stereocenters. The van der Waals surface area contributed by atoms with Crippen LogP contribution in [0.3, 0.4) is 0 Å². The monoisotopic (exact) mass is 194 g/mol. The highest BCUT2D eigenvalue weighted by Crippen LogP contribution is 2.35. The van der Waals surface area contributed by atoms with Crippen molar-refractivity contribution in [2.45, 2.75) is 33.1 Å². The lowest BCUT2D eigenvalue weighted by atomic mass is 9.76. The van der Waals surface area contributed by atoms with Crippen molar-refractivity contribution in [1.82, 2.24) is 0 Å². The quantitative estimate of drug-likeness (QED) is 0.699. The number of carbonyl (C=O) groups is 1. The van der Waals surface area contributed by atoms with Gasteiger partial charge < -0.3 is 5.11 Å². The molecule has 1 aliphatic carbocycles. The molecule has 0 saturated heterocycles. The second kappa shape index (κ2) is 4.09. The molecule has 1 N–H and O–H groups in total. The fourth-order valence-electron chi connectivity index (χ4n) is 1.90. The zero-order valence-electron chi connectivity index (χ0n) is 8.97. The summed E-state index contributed by atoms with van der Waals surface area (Å²) in [4.78, 5) is 11.7. The van der Waals surface area contributed by atoms with Crippen LogP contribution in [-0.4, -0.2) is 17.5 Å². The Kier molecular flexibility index (Phi) is 3.27. The van der Waals surface area contributed by atoms with Gasteiger partial charge in [0.05, 0.1) is 0 Å². The van der Waals surface area contributed by atoms with Crippen molar-refractivity contribution < 1.29 is 9.90 Å². The molecule has 0 aliphatic heterocycles. The zero-order valence-corrected chi connectivity index (χ0v) is 8.97. The Morgan fingerprint density at radius 1 is 1.57 bits per heavy atom. The third-order valence-electron chi connectivity index (χ3n) is 2.45. The number of Topliss-reactive ketones (excluding diaryl/α,β-unsaturated/α-hetero) is 1. The van der Waals surface area contributed by atoms with Crippen molar-refractivity contribution >= 4 is 5.78 Å². The van der Waals surface area contributed by atoms with Crippen molar-refractivity contribution in [3.05, 3.63) is 23.8 Å². The highest BCUT2D eigenvalue weighted by molar-refractivity contribution is 6.08. The number of carbonyl (C=O) groups excluding carboxylic acids is 1.